The molecule has 2 aromatic carbocycles. The molecule has 0 fully saturated rings. The van der Waals surface area contributed by atoms with Crippen LogP contribution in [0.25, 0.3) is 0 Å². The molecule has 0 aliphatic heterocycles. The molecule has 2 N–H and O–H groups in total. The first-order valence-electron chi connectivity index (χ1n) is 8.86. The molecule has 1 aromatic heterocycles. The van der Waals surface area contributed by atoms with E-state index in [9.17, 15) is 4.79 Å². The second-order valence-electron chi connectivity index (χ2n) is 5.99. The zero-order chi connectivity index (χ0) is 20.6. The van der Waals surface area contributed by atoms with E-state index in [-0.39, 0.29) is 11.6 Å². The Morgan fingerprint density at radius 2 is 1.69 bits per heavy atom. The molecule has 1 amide bonds. The number of anilines is 2. The average Bonchev–Trinajstić information content (AvgIpc) is 2.78. The molecule has 0 aliphatic carbocycles. The number of carbonyl (C=O) groups is 1. The molecule has 8 heteroatoms. The highest BCUT2D eigenvalue weighted by molar-refractivity contribution is 5.92. The van der Waals surface area contributed by atoms with E-state index in [0.717, 1.165) is 17.0 Å². The quantitative estimate of drug-likeness (QED) is 0.606. The minimum atomic E-state index is -0.306. The van der Waals surface area contributed by atoms with E-state index in [2.05, 4.69) is 20.6 Å². The zero-order valence-electron chi connectivity index (χ0n) is 16.4. The third-order valence-corrected chi connectivity index (χ3v) is 4.14. The first kappa shape index (κ1) is 19.9. The molecule has 3 rings (SSSR count). The van der Waals surface area contributed by atoms with Gasteiger partial charge in [0, 0.05) is 18.4 Å². The van der Waals surface area contributed by atoms with Crippen molar-refractivity contribution in [3.05, 3.63) is 66.0 Å². The molecule has 0 spiro atoms. The predicted octanol–water partition coefficient (Wildman–Crippen LogP) is 3.18. The highest BCUT2D eigenvalue weighted by atomic mass is 16.5. The maximum atomic E-state index is 12.5. The molecule has 8 nitrogen and oxygen atoms in total. The first-order chi connectivity index (χ1) is 14.1. The number of carbonyl (C=O) groups excluding carboxylic acids is 1. The van der Waals surface area contributed by atoms with Crippen molar-refractivity contribution in [3.63, 3.8) is 0 Å². The number of nitrogens with zero attached hydrogens (tertiary/aromatic N) is 2. The molecule has 29 heavy (non-hydrogen) atoms. The van der Waals surface area contributed by atoms with E-state index in [1.165, 1.54) is 6.20 Å². The third-order valence-electron chi connectivity index (χ3n) is 4.14. The van der Waals surface area contributed by atoms with E-state index in [0.29, 0.717) is 24.0 Å². The maximum Gasteiger partial charge on any atom is 0.270 e. The summed E-state index contributed by atoms with van der Waals surface area (Å²) in [5, 5.41) is 5.90. The van der Waals surface area contributed by atoms with E-state index in [1.807, 2.05) is 36.4 Å². The number of amides is 1. The molecule has 0 unspecified atom stereocenters. The fraction of sp³-hybridized carbons (Fsp3) is 0.190. The van der Waals surface area contributed by atoms with Crippen LogP contribution in [0.1, 0.15) is 16.1 Å². The van der Waals surface area contributed by atoms with Crippen LogP contribution in [0.4, 0.5) is 11.6 Å². The highest BCUT2D eigenvalue weighted by Gasteiger charge is 2.10. The van der Waals surface area contributed by atoms with Crippen molar-refractivity contribution < 1.29 is 19.0 Å². The number of benzene rings is 2. The number of hydrogen-bond donors (Lipinski definition) is 2. The van der Waals surface area contributed by atoms with Gasteiger partial charge in [-0.25, -0.2) is 9.97 Å². The van der Waals surface area contributed by atoms with Gasteiger partial charge in [-0.05, 0) is 48.0 Å². The van der Waals surface area contributed by atoms with Crippen LogP contribution in [0.2, 0.25) is 0 Å². The molecule has 1 heterocycles. The van der Waals surface area contributed by atoms with Gasteiger partial charge < -0.3 is 24.8 Å². The SMILES string of the molecule is COc1ccc(Nc2nccc(C(=O)NCc3ccc(OC)c(OC)c3)n2)cc1. The van der Waals surface area contributed by atoms with Crippen molar-refractivity contribution in [3.8, 4) is 17.2 Å². The first-order valence-corrected chi connectivity index (χ1v) is 8.86. The van der Waals surface area contributed by atoms with Gasteiger partial charge in [-0.15, -0.1) is 0 Å². The largest absolute Gasteiger partial charge is 0.497 e. The molecule has 0 saturated heterocycles. The minimum absolute atomic E-state index is 0.261. The number of aromatic nitrogens is 2. The van der Waals surface area contributed by atoms with Gasteiger partial charge in [0.25, 0.3) is 5.91 Å². The van der Waals surface area contributed by atoms with Crippen LogP contribution in [0.5, 0.6) is 17.2 Å². The highest BCUT2D eigenvalue weighted by Crippen LogP contribution is 2.27. The van der Waals surface area contributed by atoms with Gasteiger partial charge in [-0.1, -0.05) is 6.07 Å². The Morgan fingerprint density at radius 3 is 2.38 bits per heavy atom. The summed E-state index contributed by atoms with van der Waals surface area (Å²) in [5.74, 6) is 2.01. The number of methoxy groups -OCH3 is 3. The van der Waals surface area contributed by atoms with E-state index in [4.69, 9.17) is 14.2 Å². The zero-order valence-corrected chi connectivity index (χ0v) is 16.4. The van der Waals surface area contributed by atoms with Gasteiger partial charge in [0.15, 0.2) is 11.5 Å². The Morgan fingerprint density at radius 1 is 0.931 bits per heavy atom. The van der Waals surface area contributed by atoms with Crippen molar-refractivity contribution in [2.45, 2.75) is 6.54 Å². The topological polar surface area (TPSA) is 94.6 Å². The van der Waals surface area contributed by atoms with Gasteiger partial charge in [-0.2, -0.15) is 0 Å². The lowest BCUT2D eigenvalue weighted by Crippen LogP contribution is -2.24. The summed E-state index contributed by atoms with van der Waals surface area (Å²) in [6, 6.07) is 14.3. The fourth-order valence-electron chi connectivity index (χ4n) is 2.61. The fourth-order valence-corrected chi connectivity index (χ4v) is 2.61. The van der Waals surface area contributed by atoms with Crippen LogP contribution in [0.15, 0.2) is 54.7 Å². The third kappa shape index (κ3) is 5.13. The van der Waals surface area contributed by atoms with Gasteiger partial charge >= 0.3 is 0 Å². The summed E-state index contributed by atoms with van der Waals surface area (Å²) in [5.41, 5.74) is 1.92. The molecule has 0 saturated carbocycles. The molecule has 0 atom stereocenters. The smallest absolute Gasteiger partial charge is 0.270 e. The Labute approximate surface area is 168 Å². The van der Waals surface area contributed by atoms with Gasteiger partial charge in [0.05, 0.1) is 21.3 Å². The molecule has 0 aliphatic rings. The summed E-state index contributed by atoms with van der Waals surface area (Å²) in [6.45, 7) is 0.324. The summed E-state index contributed by atoms with van der Waals surface area (Å²) in [4.78, 5) is 20.9. The summed E-state index contributed by atoms with van der Waals surface area (Å²) >= 11 is 0. The van der Waals surface area contributed by atoms with Crippen molar-refractivity contribution in [1.82, 2.24) is 15.3 Å². The number of ether oxygens (including phenoxy) is 3. The molecule has 0 radical (unpaired) electrons. The van der Waals surface area contributed by atoms with Crippen LogP contribution in [0, 0.1) is 0 Å². The van der Waals surface area contributed by atoms with Crippen molar-refractivity contribution in [2.75, 3.05) is 26.6 Å². The molecule has 3 aromatic rings. The lowest BCUT2D eigenvalue weighted by molar-refractivity contribution is 0.0946. The van der Waals surface area contributed by atoms with Crippen LogP contribution < -0.4 is 24.8 Å². The van der Waals surface area contributed by atoms with Crippen LogP contribution in [-0.4, -0.2) is 37.2 Å². The Kier molecular flexibility index (Phi) is 6.47. The van der Waals surface area contributed by atoms with E-state index >= 15 is 0 Å². The minimum Gasteiger partial charge on any atom is -0.497 e. The number of nitrogens with one attached hydrogen (secondary N) is 2. The standard InChI is InChI=1S/C21H22N4O4/c1-27-16-7-5-15(6-8-16)24-21-22-11-10-17(25-21)20(26)23-13-14-4-9-18(28-2)19(12-14)29-3/h4-12H,13H2,1-3H3,(H,23,26)(H,22,24,25). The monoisotopic (exact) mass is 394 g/mol. The second-order valence-corrected chi connectivity index (χ2v) is 5.99. The maximum absolute atomic E-state index is 12.5. The molecule has 0 bridgehead atoms. The van der Waals surface area contributed by atoms with E-state index < -0.39 is 0 Å². The van der Waals surface area contributed by atoms with Gasteiger partial charge in [0.2, 0.25) is 5.95 Å². The lowest BCUT2D eigenvalue weighted by atomic mass is 10.2. The van der Waals surface area contributed by atoms with Crippen molar-refractivity contribution >= 4 is 17.5 Å². The predicted molar refractivity (Wildman–Crippen MR) is 109 cm³/mol. The molecular formula is C21H22N4O4. The normalized spacial score (nSPS) is 10.2. The van der Waals surface area contributed by atoms with Crippen LogP contribution >= 0.6 is 0 Å². The lowest BCUT2D eigenvalue weighted by Gasteiger charge is -2.11. The van der Waals surface area contributed by atoms with Gasteiger partial charge in [-0.3, -0.25) is 4.79 Å². The van der Waals surface area contributed by atoms with Gasteiger partial charge in [0.1, 0.15) is 11.4 Å². The average molecular weight is 394 g/mol. The molecular weight excluding hydrogens is 372 g/mol. The van der Waals surface area contributed by atoms with Crippen molar-refractivity contribution in [1.29, 1.82) is 0 Å². The number of rotatable bonds is 8. The Hall–Kier alpha value is -3.81. The van der Waals surface area contributed by atoms with Crippen LogP contribution in [-0.2, 0) is 6.54 Å². The van der Waals surface area contributed by atoms with E-state index in [1.54, 1.807) is 33.5 Å². The Balaban J connectivity index is 1.64. The summed E-state index contributed by atoms with van der Waals surface area (Å²) in [7, 11) is 4.75. The van der Waals surface area contributed by atoms with Crippen LogP contribution in [0.3, 0.4) is 0 Å². The second kappa shape index (κ2) is 9.41. The Bertz CT molecular complexity index is 977. The molecule has 150 valence electrons. The summed E-state index contributed by atoms with van der Waals surface area (Å²) in [6.07, 6.45) is 1.53. The van der Waals surface area contributed by atoms with Crippen molar-refractivity contribution in [2.24, 2.45) is 0 Å². The summed E-state index contributed by atoms with van der Waals surface area (Å²) < 4.78 is 15.6. The number of hydrogen-bond acceptors (Lipinski definition) is 7.